The van der Waals surface area contributed by atoms with E-state index in [4.69, 9.17) is 5.73 Å². The summed E-state index contributed by atoms with van der Waals surface area (Å²) in [5, 5.41) is 0. The zero-order valence-electron chi connectivity index (χ0n) is 14.0. The predicted octanol–water partition coefficient (Wildman–Crippen LogP) is 2.13. The Hall–Kier alpha value is -1.52. The van der Waals surface area contributed by atoms with Crippen molar-refractivity contribution in [3.63, 3.8) is 0 Å². The van der Waals surface area contributed by atoms with Gasteiger partial charge < -0.3 is 15.5 Å². The molecule has 0 aliphatic heterocycles. The van der Waals surface area contributed by atoms with Crippen molar-refractivity contribution < 1.29 is 9.59 Å². The smallest absolute Gasteiger partial charge is 0.269 e. The van der Waals surface area contributed by atoms with Gasteiger partial charge in [-0.15, -0.1) is 0 Å². The lowest BCUT2D eigenvalue weighted by molar-refractivity contribution is -0.129. The van der Waals surface area contributed by atoms with Crippen molar-refractivity contribution in [3.05, 3.63) is 11.8 Å². The lowest BCUT2D eigenvalue weighted by atomic mass is 10.2. The van der Waals surface area contributed by atoms with Crippen molar-refractivity contribution in [2.75, 3.05) is 26.2 Å². The molecule has 5 heteroatoms. The SMILES string of the molecule is CCCCN(CCCC)C(=O)/C=C(/N)C(=O)N(CC)CC. The first-order valence-electron chi connectivity index (χ1n) is 8.06. The molecule has 0 aliphatic rings. The van der Waals surface area contributed by atoms with E-state index < -0.39 is 0 Å². The number of carbonyl (C=O) groups is 2. The van der Waals surface area contributed by atoms with Gasteiger partial charge in [0.05, 0.1) is 0 Å². The third kappa shape index (κ3) is 7.16. The molecule has 0 rings (SSSR count). The molecule has 5 nitrogen and oxygen atoms in total. The molecule has 2 N–H and O–H groups in total. The minimum atomic E-state index is -0.265. The third-order valence-electron chi connectivity index (χ3n) is 3.45. The molecule has 0 aromatic rings. The molecule has 2 amide bonds. The van der Waals surface area contributed by atoms with Crippen LogP contribution in [0.5, 0.6) is 0 Å². The van der Waals surface area contributed by atoms with E-state index in [1.54, 1.807) is 9.80 Å². The molecule has 0 aromatic heterocycles. The third-order valence-corrected chi connectivity index (χ3v) is 3.45. The van der Waals surface area contributed by atoms with E-state index in [0.717, 1.165) is 38.8 Å². The van der Waals surface area contributed by atoms with Crippen LogP contribution in [-0.2, 0) is 9.59 Å². The lowest BCUT2D eigenvalue weighted by Crippen LogP contribution is -2.36. The summed E-state index contributed by atoms with van der Waals surface area (Å²) in [6, 6.07) is 0. The number of amides is 2. The van der Waals surface area contributed by atoms with Crippen LogP contribution in [-0.4, -0.2) is 47.8 Å². The van der Waals surface area contributed by atoms with Crippen molar-refractivity contribution in [2.45, 2.75) is 53.4 Å². The fourth-order valence-corrected chi connectivity index (χ4v) is 2.01. The van der Waals surface area contributed by atoms with Crippen LogP contribution in [0.2, 0.25) is 0 Å². The Kier molecular flexibility index (Phi) is 10.4. The first-order valence-corrected chi connectivity index (χ1v) is 8.06. The first kappa shape index (κ1) is 19.5. The monoisotopic (exact) mass is 297 g/mol. The number of hydrogen-bond acceptors (Lipinski definition) is 3. The van der Waals surface area contributed by atoms with Crippen molar-refractivity contribution in [3.8, 4) is 0 Å². The highest BCUT2D eigenvalue weighted by Crippen LogP contribution is 2.03. The van der Waals surface area contributed by atoms with E-state index >= 15 is 0 Å². The second kappa shape index (κ2) is 11.2. The van der Waals surface area contributed by atoms with E-state index in [0.29, 0.717) is 13.1 Å². The fraction of sp³-hybridized carbons (Fsp3) is 0.750. The summed E-state index contributed by atoms with van der Waals surface area (Å²) in [5.74, 6) is -0.422. The van der Waals surface area contributed by atoms with Crippen LogP contribution >= 0.6 is 0 Å². The molecular weight excluding hydrogens is 266 g/mol. The van der Waals surface area contributed by atoms with Crippen LogP contribution in [0.4, 0.5) is 0 Å². The highest BCUT2D eigenvalue weighted by molar-refractivity contribution is 6.00. The molecule has 0 fully saturated rings. The minimum absolute atomic E-state index is 0.0293. The van der Waals surface area contributed by atoms with E-state index in [2.05, 4.69) is 13.8 Å². The second-order valence-corrected chi connectivity index (χ2v) is 5.11. The van der Waals surface area contributed by atoms with Gasteiger partial charge in [-0.1, -0.05) is 26.7 Å². The fourth-order valence-electron chi connectivity index (χ4n) is 2.01. The van der Waals surface area contributed by atoms with Gasteiger partial charge in [-0.05, 0) is 26.7 Å². The number of carbonyl (C=O) groups excluding carboxylic acids is 2. The molecule has 0 aromatic carbocycles. The maximum atomic E-state index is 12.3. The summed E-state index contributed by atoms with van der Waals surface area (Å²) in [5.41, 5.74) is 5.82. The molecule has 0 saturated carbocycles. The molecule has 0 aliphatic carbocycles. The molecule has 21 heavy (non-hydrogen) atoms. The number of unbranched alkanes of at least 4 members (excludes halogenated alkanes) is 2. The average molecular weight is 297 g/mol. The molecule has 0 spiro atoms. The maximum Gasteiger partial charge on any atom is 0.269 e. The average Bonchev–Trinajstić information content (AvgIpc) is 2.48. The Morgan fingerprint density at radius 2 is 1.38 bits per heavy atom. The van der Waals surface area contributed by atoms with Crippen molar-refractivity contribution >= 4 is 11.8 Å². The van der Waals surface area contributed by atoms with Crippen LogP contribution in [0.1, 0.15) is 53.4 Å². The summed E-state index contributed by atoms with van der Waals surface area (Å²) in [7, 11) is 0. The van der Waals surface area contributed by atoms with Crippen LogP contribution in [0.3, 0.4) is 0 Å². The number of likely N-dealkylation sites (N-methyl/N-ethyl adjacent to an activating group) is 1. The van der Waals surface area contributed by atoms with E-state index in [9.17, 15) is 9.59 Å². The molecule has 122 valence electrons. The van der Waals surface area contributed by atoms with Gasteiger partial charge >= 0.3 is 0 Å². The zero-order chi connectivity index (χ0) is 16.3. The van der Waals surface area contributed by atoms with Gasteiger partial charge in [0.1, 0.15) is 5.70 Å². The van der Waals surface area contributed by atoms with Gasteiger partial charge in [-0.2, -0.15) is 0 Å². The van der Waals surface area contributed by atoms with Crippen molar-refractivity contribution in [1.29, 1.82) is 0 Å². The molecule has 0 radical (unpaired) electrons. The standard InChI is InChI=1S/C16H31N3O2/c1-5-9-11-19(12-10-6-2)15(20)13-14(17)16(21)18(7-3)8-4/h13H,5-12,17H2,1-4H3/b14-13+. The normalized spacial score (nSPS) is 11.3. The minimum Gasteiger partial charge on any atom is -0.394 e. The van der Waals surface area contributed by atoms with E-state index in [1.807, 2.05) is 13.8 Å². The lowest BCUT2D eigenvalue weighted by Gasteiger charge is -2.22. The molecular formula is C16H31N3O2. The Balaban J connectivity index is 4.82. The van der Waals surface area contributed by atoms with Crippen molar-refractivity contribution in [1.82, 2.24) is 9.80 Å². The zero-order valence-corrected chi connectivity index (χ0v) is 14.0. The largest absolute Gasteiger partial charge is 0.394 e. The summed E-state index contributed by atoms with van der Waals surface area (Å²) in [6.07, 6.45) is 5.29. The molecule has 0 bridgehead atoms. The van der Waals surface area contributed by atoms with E-state index in [-0.39, 0.29) is 17.5 Å². The Labute approximate surface area is 129 Å². The Morgan fingerprint density at radius 1 is 0.905 bits per heavy atom. The van der Waals surface area contributed by atoms with Gasteiger partial charge in [0, 0.05) is 32.3 Å². The quantitative estimate of drug-likeness (QED) is 0.628. The summed E-state index contributed by atoms with van der Waals surface area (Å²) in [4.78, 5) is 27.7. The van der Waals surface area contributed by atoms with Gasteiger partial charge in [0.2, 0.25) is 5.91 Å². The molecule has 0 unspecified atom stereocenters. The van der Waals surface area contributed by atoms with Gasteiger partial charge in [0.25, 0.3) is 5.91 Å². The van der Waals surface area contributed by atoms with Gasteiger partial charge in [-0.3, -0.25) is 9.59 Å². The number of rotatable bonds is 10. The maximum absolute atomic E-state index is 12.3. The first-order chi connectivity index (χ1) is 10.0. The number of nitrogens with zero attached hydrogens (tertiary/aromatic N) is 2. The topological polar surface area (TPSA) is 66.6 Å². The Bertz CT molecular complexity index is 341. The van der Waals surface area contributed by atoms with Crippen LogP contribution in [0.25, 0.3) is 0 Å². The highest BCUT2D eigenvalue weighted by atomic mass is 16.2. The van der Waals surface area contributed by atoms with Crippen LogP contribution in [0.15, 0.2) is 11.8 Å². The predicted molar refractivity (Wildman–Crippen MR) is 86.6 cm³/mol. The van der Waals surface area contributed by atoms with Gasteiger partial charge in [0.15, 0.2) is 0 Å². The summed E-state index contributed by atoms with van der Waals surface area (Å²) in [6.45, 7) is 10.6. The molecule has 0 atom stereocenters. The Morgan fingerprint density at radius 3 is 1.76 bits per heavy atom. The van der Waals surface area contributed by atoms with Crippen LogP contribution < -0.4 is 5.73 Å². The second-order valence-electron chi connectivity index (χ2n) is 5.11. The van der Waals surface area contributed by atoms with E-state index in [1.165, 1.54) is 6.08 Å². The number of hydrogen-bond donors (Lipinski definition) is 1. The van der Waals surface area contributed by atoms with Crippen LogP contribution in [0, 0.1) is 0 Å². The van der Waals surface area contributed by atoms with Crippen molar-refractivity contribution in [2.24, 2.45) is 5.73 Å². The summed E-state index contributed by atoms with van der Waals surface area (Å²) < 4.78 is 0. The molecule has 0 saturated heterocycles. The summed E-state index contributed by atoms with van der Waals surface area (Å²) >= 11 is 0. The number of nitrogens with two attached hydrogens (primary N) is 1. The highest BCUT2D eigenvalue weighted by Gasteiger charge is 2.16. The molecule has 0 heterocycles. The van der Waals surface area contributed by atoms with Gasteiger partial charge in [-0.25, -0.2) is 0 Å².